The van der Waals surface area contributed by atoms with Crippen LogP contribution >= 0.6 is 0 Å². The second-order valence-electron chi connectivity index (χ2n) is 7.50. The number of amides is 3. The second-order valence-corrected chi connectivity index (χ2v) is 9.28. The summed E-state index contributed by atoms with van der Waals surface area (Å²) in [6.07, 6.45) is 0. The van der Waals surface area contributed by atoms with Crippen molar-refractivity contribution in [2.45, 2.75) is 10.4 Å². The molecule has 5 rings (SSSR count). The van der Waals surface area contributed by atoms with Crippen molar-refractivity contribution >= 4 is 32.7 Å². The SMILES string of the molecule is O=C1NC(c2ccccc2)(c2ccccc2)C(=O)N1S(=O)(=O)c1ccc2ccccc2c1. The molecule has 3 amide bonds. The topological polar surface area (TPSA) is 83.6 Å². The first-order valence-electron chi connectivity index (χ1n) is 9.96. The molecule has 0 bridgehead atoms. The lowest BCUT2D eigenvalue weighted by atomic mass is 9.83. The molecule has 1 heterocycles. The van der Waals surface area contributed by atoms with Crippen molar-refractivity contribution in [2.24, 2.45) is 0 Å². The van der Waals surface area contributed by atoms with Crippen molar-refractivity contribution in [3.8, 4) is 0 Å². The van der Waals surface area contributed by atoms with Gasteiger partial charge in [0, 0.05) is 0 Å². The van der Waals surface area contributed by atoms with E-state index in [1.165, 1.54) is 12.1 Å². The zero-order chi connectivity index (χ0) is 22.3. The van der Waals surface area contributed by atoms with Gasteiger partial charge in [0.1, 0.15) is 0 Å². The number of hydrogen-bond donors (Lipinski definition) is 1. The van der Waals surface area contributed by atoms with Crippen LogP contribution in [0, 0.1) is 0 Å². The van der Waals surface area contributed by atoms with E-state index < -0.39 is 27.5 Å². The summed E-state index contributed by atoms with van der Waals surface area (Å²) >= 11 is 0. The molecule has 0 aliphatic carbocycles. The molecule has 0 aromatic heterocycles. The summed E-state index contributed by atoms with van der Waals surface area (Å²) in [5.41, 5.74) is -0.703. The average Bonchev–Trinajstić information content (AvgIpc) is 3.11. The van der Waals surface area contributed by atoms with Gasteiger partial charge < -0.3 is 5.32 Å². The minimum atomic E-state index is -4.44. The van der Waals surface area contributed by atoms with Crippen molar-refractivity contribution in [2.75, 3.05) is 0 Å². The van der Waals surface area contributed by atoms with Crippen LogP contribution < -0.4 is 5.32 Å². The van der Waals surface area contributed by atoms with Gasteiger partial charge in [0.15, 0.2) is 5.54 Å². The lowest BCUT2D eigenvalue weighted by Crippen LogP contribution is -2.45. The largest absolute Gasteiger partial charge is 0.339 e. The normalized spacial score (nSPS) is 15.7. The molecule has 4 aromatic carbocycles. The Morgan fingerprint density at radius 3 is 1.78 bits per heavy atom. The van der Waals surface area contributed by atoms with E-state index >= 15 is 0 Å². The zero-order valence-corrected chi connectivity index (χ0v) is 17.6. The third-order valence-electron chi connectivity index (χ3n) is 5.66. The van der Waals surface area contributed by atoms with E-state index in [0.29, 0.717) is 20.8 Å². The van der Waals surface area contributed by atoms with Gasteiger partial charge in [0.25, 0.3) is 15.9 Å². The van der Waals surface area contributed by atoms with Crippen LogP contribution in [-0.2, 0) is 20.4 Å². The first-order chi connectivity index (χ1) is 15.4. The fraction of sp³-hybridized carbons (Fsp3) is 0.0400. The number of hydrogen-bond acceptors (Lipinski definition) is 4. The maximum absolute atomic E-state index is 13.8. The Morgan fingerprint density at radius 1 is 0.656 bits per heavy atom. The predicted molar refractivity (Wildman–Crippen MR) is 120 cm³/mol. The molecule has 0 spiro atoms. The molecule has 4 aromatic rings. The maximum atomic E-state index is 13.8. The molecule has 0 radical (unpaired) electrons. The van der Waals surface area contributed by atoms with E-state index in [2.05, 4.69) is 5.32 Å². The molecule has 32 heavy (non-hydrogen) atoms. The van der Waals surface area contributed by atoms with E-state index in [1.54, 1.807) is 78.9 Å². The molecule has 1 N–H and O–H groups in total. The van der Waals surface area contributed by atoms with Crippen LogP contribution in [0.25, 0.3) is 10.8 Å². The first-order valence-corrected chi connectivity index (χ1v) is 11.4. The number of nitrogens with one attached hydrogen (secondary N) is 1. The van der Waals surface area contributed by atoms with Gasteiger partial charge in [-0.05, 0) is 34.0 Å². The van der Waals surface area contributed by atoms with Gasteiger partial charge in [-0.15, -0.1) is 4.31 Å². The van der Waals surface area contributed by atoms with Gasteiger partial charge in [0.05, 0.1) is 4.90 Å². The van der Waals surface area contributed by atoms with E-state index in [9.17, 15) is 18.0 Å². The van der Waals surface area contributed by atoms with Gasteiger partial charge in [0.2, 0.25) is 0 Å². The highest BCUT2D eigenvalue weighted by Crippen LogP contribution is 2.38. The third kappa shape index (κ3) is 2.90. The molecule has 0 atom stereocenters. The number of nitrogens with zero attached hydrogens (tertiary/aromatic N) is 1. The summed E-state index contributed by atoms with van der Waals surface area (Å²) in [4.78, 5) is 26.7. The van der Waals surface area contributed by atoms with E-state index in [1.807, 2.05) is 12.1 Å². The lowest BCUT2D eigenvalue weighted by molar-refractivity contribution is -0.126. The predicted octanol–water partition coefficient (Wildman–Crippen LogP) is 4.02. The number of sulfonamides is 1. The molecular formula is C25H18N2O4S. The number of rotatable bonds is 4. The van der Waals surface area contributed by atoms with Crippen LogP contribution in [0.4, 0.5) is 4.79 Å². The highest BCUT2D eigenvalue weighted by atomic mass is 32.2. The lowest BCUT2D eigenvalue weighted by Gasteiger charge is -2.27. The zero-order valence-electron chi connectivity index (χ0n) is 16.8. The van der Waals surface area contributed by atoms with Crippen LogP contribution in [0.2, 0.25) is 0 Å². The van der Waals surface area contributed by atoms with Crippen LogP contribution in [0.1, 0.15) is 11.1 Å². The van der Waals surface area contributed by atoms with E-state index in [0.717, 1.165) is 5.39 Å². The molecule has 6 nitrogen and oxygen atoms in total. The smallest absolute Gasteiger partial charge is 0.315 e. The molecular weight excluding hydrogens is 424 g/mol. The van der Waals surface area contributed by atoms with Gasteiger partial charge in [-0.1, -0.05) is 91.0 Å². The molecule has 1 fully saturated rings. The Kier molecular flexibility index (Phi) is 4.56. The summed E-state index contributed by atoms with van der Waals surface area (Å²) in [6, 6.07) is 28.1. The number of carbonyl (C=O) groups excluding carboxylic acids is 2. The van der Waals surface area contributed by atoms with Crippen LogP contribution in [0.3, 0.4) is 0 Å². The Balaban J connectivity index is 1.67. The quantitative estimate of drug-likeness (QED) is 0.484. The minimum Gasteiger partial charge on any atom is -0.315 e. The summed E-state index contributed by atoms with van der Waals surface area (Å²) in [7, 11) is -4.44. The number of carbonyl (C=O) groups is 2. The number of urea groups is 1. The molecule has 0 saturated carbocycles. The maximum Gasteiger partial charge on any atom is 0.339 e. The van der Waals surface area contributed by atoms with Crippen LogP contribution in [0.5, 0.6) is 0 Å². The Bertz CT molecular complexity index is 1410. The summed E-state index contributed by atoms with van der Waals surface area (Å²) < 4.78 is 27.3. The van der Waals surface area contributed by atoms with Gasteiger partial charge in [-0.2, -0.15) is 0 Å². The Labute approximate surface area is 185 Å². The van der Waals surface area contributed by atoms with Crippen LogP contribution in [0.15, 0.2) is 108 Å². The van der Waals surface area contributed by atoms with Crippen LogP contribution in [-0.4, -0.2) is 24.7 Å². The first kappa shape index (κ1) is 20.0. The molecule has 1 saturated heterocycles. The Hall–Kier alpha value is -3.97. The Morgan fingerprint density at radius 2 is 1.19 bits per heavy atom. The fourth-order valence-electron chi connectivity index (χ4n) is 4.10. The highest BCUT2D eigenvalue weighted by Gasteiger charge is 2.57. The summed E-state index contributed by atoms with van der Waals surface area (Å²) in [6.45, 7) is 0. The van der Waals surface area contributed by atoms with Crippen molar-refractivity contribution < 1.29 is 18.0 Å². The number of fused-ring (bicyclic) bond motifs is 1. The van der Waals surface area contributed by atoms with Gasteiger partial charge >= 0.3 is 6.03 Å². The van der Waals surface area contributed by atoms with Gasteiger partial charge in [-0.25, -0.2) is 13.2 Å². The van der Waals surface area contributed by atoms with Crippen molar-refractivity contribution in [3.63, 3.8) is 0 Å². The van der Waals surface area contributed by atoms with Crippen molar-refractivity contribution in [1.82, 2.24) is 9.62 Å². The standard InChI is InChI=1S/C25H18N2O4S/c28-23-25(20-11-3-1-4-12-20,21-13-5-2-6-14-21)26-24(29)27(23)32(30,31)22-16-15-18-9-7-8-10-19(18)17-22/h1-17H,(H,26,29). The third-order valence-corrected chi connectivity index (χ3v) is 7.32. The molecule has 0 unspecified atom stereocenters. The minimum absolute atomic E-state index is 0.128. The monoisotopic (exact) mass is 442 g/mol. The molecule has 1 aliphatic rings. The average molecular weight is 442 g/mol. The number of benzene rings is 4. The number of imide groups is 1. The molecule has 7 heteroatoms. The van der Waals surface area contributed by atoms with E-state index in [4.69, 9.17) is 0 Å². The van der Waals surface area contributed by atoms with Crippen molar-refractivity contribution in [3.05, 3.63) is 114 Å². The van der Waals surface area contributed by atoms with E-state index in [-0.39, 0.29) is 4.90 Å². The summed E-state index contributed by atoms with van der Waals surface area (Å²) in [5, 5.41) is 4.22. The highest BCUT2D eigenvalue weighted by molar-refractivity contribution is 7.90. The second kappa shape index (κ2) is 7.32. The molecule has 1 aliphatic heterocycles. The van der Waals surface area contributed by atoms with Gasteiger partial charge in [-0.3, -0.25) is 4.79 Å². The summed E-state index contributed by atoms with van der Waals surface area (Å²) in [5.74, 6) is -0.868. The molecule has 158 valence electrons. The fourth-order valence-corrected chi connectivity index (χ4v) is 5.44. The van der Waals surface area contributed by atoms with Crippen molar-refractivity contribution in [1.29, 1.82) is 0 Å².